The smallest absolute Gasteiger partial charge is 0.253 e. The Labute approximate surface area is 184 Å². The zero-order valence-electron chi connectivity index (χ0n) is 18.4. The van der Waals surface area contributed by atoms with Crippen molar-refractivity contribution in [2.45, 2.75) is 52.0 Å². The molecule has 4 saturated carbocycles. The fourth-order valence-corrected chi connectivity index (χ4v) is 6.93. The van der Waals surface area contributed by atoms with Crippen molar-refractivity contribution >= 4 is 17.7 Å². The van der Waals surface area contributed by atoms with Crippen molar-refractivity contribution < 1.29 is 14.4 Å². The molecule has 0 unspecified atom stereocenters. The molecule has 6 rings (SSSR count). The summed E-state index contributed by atoms with van der Waals surface area (Å²) < 4.78 is 0. The van der Waals surface area contributed by atoms with Gasteiger partial charge in [-0.25, -0.2) is 0 Å². The summed E-state index contributed by atoms with van der Waals surface area (Å²) in [4.78, 5) is 40.9. The first-order valence-corrected chi connectivity index (χ1v) is 11.8. The minimum atomic E-state index is -0.118. The van der Waals surface area contributed by atoms with Crippen LogP contribution >= 0.6 is 0 Å². The van der Waals surface area contributed by atoms with Gasteiger partial charge in [0.05, 0.1) is 0 Å². The lowest BCUT2D eigenvalue weighted by molar-refractivity contribution is -0.146. The van der Waals surface area contributed by atoms with Crippen molar-refractivity contribution in [2.75, 3.05) is 26.2 Å². The monoisotopic (exact) mass is 423 g/mol. The normalized spacial score (nSPS) is 31.6. The first-order valence-electron chi connectivity index (χ1n) is 11.8. The van der Waals surface area contributed by atoms with Crippen LogP contribution in [0.5, 0.6) is 0 Å². The van der Waals surface area contributed by atoms with Crippen molar-refractivity contribution in [3.8, 4) is 0 Å². The standard InChI is InChI=1S/C25H33N3O3/c1-17(29)27-6-8-28(9-7-27)23(30)22-4-2-18(3-5-22)16-26-24(31)25-13-19-10-20(14-25)12-21(11-19)15-25/h2-5,19-21H,6-16H2,1H3,(H,26,31). The number of carbonyl (C=O) groups excluding carboxylic acids is 3. The first-order chi connectivity index (χ1) is 14.9. The molecule has 0 spiro atoms. The van der Waals surface area contributed by atoms with E-state index < -0.39 is 0 Å². The Hall–Kier alpha value is -2.37. The number of benzene rings is 1. The van der Waals surface area contributed by atoms with Gasteiger partial charge in [0.15, 0.2) is 0 Å². The van der Waals surface area contributed by atoms with Gasteiger partial charge in [-0.15, -0.1) is 0 Å². The van der Waals surface area contributed by atoms with Gasteiger partial charge in [0.1, 0.15) is 0 Å². The number of amides is 3. The topological polar surface area (TPSA) is 69.7 Å². The predicted octanol–water partition coefficient (Wildman–Crippen LogP) is 2.82. The highest BCUT2D eigenvalue weighted by atomic mass is 16.2. The van der Waals surface area contributed by atoms with Crippen LogP contribution < -0.4 is 5.32 Å². The molecule has 0 aromatic heterocycles. The fraction of sp³-hybridized carbons (Fsp3) is 0.640. The van der Waals surface area contributed by atoms with Gasteiger partial charge in [-0.05, 0) is 74.0 Å². The Morgan fingerprint density at radius 1 is 0.871 bits per heavy atom. The maximum Gasteiger partial charge on any atom is 0.253 e. The van der Waals surface area contributed by atoms with Crippen LogP contribution in [0.2, 0.25) is 0 Å². The Balaban J connectivity index is 1.15. The minimum Gasteiger partial charge on any atom is -0.352 e. The molecule has 6 heteroatoms. The second-order valence-electron chi connectivity index (χ2n) is 10.4. The highest BCUT2D eigenvalue weighted by Gasteiger charge is 2.54. The Morgan fingerprint density at radius 2 is 1.39 bits per heavy atom. The van der Waals surface area contributed by atoms with E-state index in [1.807, 2.05) is 29.2 Å². The molecular weight excluding hydrogens is 390 g/mol. The lowest BCUT2D eigenvalue weighted by atomic mass is 9.49. The average Bonchev–Trinajstić information content (AvgIpc) is 2.76. The van der Waals surface area contributed by atoms with Crippen LogP contribution in [0.3, 0.4) is 0 Å². The minimum absolute atomic E-state index is 0.00681. The van der Waals surface area contributed by atoms with E-state index in [1.54, 1.807) is 11.8 Å². The van der Waals surface area contributed by atoms with E-state index in [2.05, 4.69) is 5.32 Å². The van der Waals surface area contributed by atoms with Crippen LogP contribution in [-0.2, 0) is 16.1 Å². The quantitative estimate of drug-likeness (QED) is 0.810. The summed E-state index contributed by atoms with van der Waals surface area (Å²) >= 11 is 0. The van der Waals surface area contributed by atoms with Crippen LogP contribution in [0.1, 0.15) is 61.4 Å². The van der Waals surface area contributed by atoms with Gasteiger partial charge in [0, 0.05) is 50.6 Å². The van der Waals surface area contributed by atoms with E-state index in [9.17, 15) is 14.4 Å². The molecule has 166 valence electrons. The largest absolute Gasteiger partial charge is 0.352 e. The molecular formula is C25H33N3O3. The molecule has 4 aliphatic carbocycles. The van der Waals surface area contributed by atoms with Crippen molar-refractivity contribution in [3.05, 3.63) is 35.4 Å². The molecule has 5 aliphatic rings. The lowest BCUT2D eigenvalue weighted by Crippen LogP contribution is -2.53. The van der Waals surface area contributed by atoms with Gasteiger partial charge in [-0.2, -0.15) is 0 Å². The zero-order valence-corrected chi connectivity index (χ0v) is 18.4. The maximum atomic E-state index is 13.1. The van der Waals surface area contributed by atoms with E-state index in [1.165, 1.54) is 19.3 Å². The summed E-state index contributed by atoms with van der Waals surface area (Å²) in [6.45, 7) is 4.41. The summed E-state index contributed by atoms with van der Waals surface area (Å²) in [6, 6.07) is 7.59. The van der Waals surface area contributed by atoms with Gasteiger partial charge in [0.2, 0.25) is 11.8 Å². The van der Waals surface area contributed by atoms with Gasteiger partial charge in [-0.3, -0.25) is 14.4 Å². The van der Waals surface area contributed by atoms with Crippen LogP contribution in [-0.4, -0.2) is 53.7 Å². The first kappa shape index (κ1) is 20.5. The van der Waals surface area contributed by atoms with Gasteiger partial charge < -0.3 is 15.1 Å². The van der Waals surface area contributed by atoms with Crippen molar-refractivity contribution in [2.24, 2.45) is 23.2 Å². The van der Waals surface area contributed by atoms with Crippen LogP contribution in [0, 0.1) is 23.2 Å². The molecule has 4 bridgehead atoms. The van der Waals surface area contributed by atoms with E-state index in [0.29, 0.717) is 38.3 Å². The highest BCUT2D eigenvalue weighted by Crippen LogP contribution is 2.60. The van der Waals surface area contributed by atoms with Gasteiger partial charge in [-0.1, -0.05) is 12.1 Å². The Morgan fingerprint density at radius 3 is 1.90 bits per heavy atom. The predicted molar refractivity (Wildman–Crippen MR) is 117 cm³/mol. The van der Waals surface area contributed by atoms with Crippen LogP contribution in [0.4, 0.5) is 0 Å². The molecule has 0 radical (unpaired) electrons. The van der Waals surface area contributed by atoms with Crippen LogP contribution in [0.25, 0.3) is 0 Å². The number of carbonyl (C=O) groups is 3. The fourth-order valence-electron chi connectivity index (χ4n) is 6.93. The molecule has 31 heavy (non-hydrogen) atoms. The maximum absolute atomic E-state index is 13.1. The van der Waals surface area contributed by atoms with Crippen LogP contribution in [0.15, 0.2) is 24.3 Å². The molecule has 1 aliphatic heterocycles. The number of nitrogens with one attached hydrogen (secondary N) is 1. The molecule has 1 saturated heterocycles. The second kappa shape index (κ2) is 7.95. The Kier molecular flexibility index (Phi) is 5.27. The van der Waals surface area contributed by atoms with Gasteiger partial charge in [0.25, 0.3) is 5.91 Å². The summed E-state index contributed by atoms with van der Waals surface area (Å²) in [5.41, 5.74) is 1.57. The number of rotatable bonds is 4. The van der Waals surface area contributed by atoms with E-state index in [0.717, 1.165) is 42.6 Å². The summed E-state index contributed by atoms with van der Waals surface area (Å²) in [7, 11) is 0. The molecule has 1 heterocycles. The summed E-state index contributed by atoms with van der Waals surface area (Å²) in [6.07, 6.45) is 7.25. The van der Waals surface area contributed by atoms with Crippen molar-refractivity contribution in [3.63, 3.8) is 0 Å². The molecule has 5 fully saturated rings. The summed E-state index contributed by atoms with van der Waals surface area (Å²) in [5.74, 6) is 2.60. The SMILES string of the molecule is CC(=O)N1CCN(C(=O)c2ccc(CNC(=O)C34CC5CC(CC(C5)C3)C4)cc2)CC1. The van der Waals surface area contributed by atoms with Crippen molar-refractivity contribution in [1.29, 1.82) is 0 Å². The van der Waals surface area contributed by atoms with E-state index >= 15 is 0 Å². The lowest BCUT2D eigenvalue weighted by Gasteiger charge is -2.55. The molecule has 3 amide bonds. The second-order valence-corrected chi connectivity index (χ2v) is 10.4. The molecule has 1 N–H and O–H groups in total. The average molecular weight is 424 g/mol. The molecule has 6 nitrogen and oxygen atoms in total. The molecule has 1 aromatic rings. The Bertz CT molecular complexity index is 835. The van der Waals surface area contributed by atoms with E-state index in [4.69, 9.17) is 0 Å². The zero-order chi connectivity index (χ0) is 21.6. The number of nitrogens with zero attached hydrogens (tertiary/aromatic N) is 2. The number of hydrogen-bond acceptors (Lipinski definition) is 3. The molecule has 0 atom stereocenters. The summed E-state index contributed by atoms with van der Waals surface area (Å²) in [5, 5.41) is 3.21. The molecule has 1 aromatic carbocycles. The van der Waals surface area contributed by atoms with Crippen molar-refractivity contribution in [1.82, 2.24) is 15.1 Å². The third-order valence-electron chi connectivity index (χ3n) is 8.19. The third-order valence-corrected chi connectivity index (χ3v) is 8.19. The van der Waals surface area contributed by atoms with E-state index in [-0.39, 0.29) is 23.1 Å². The number of piperazine rings is 1. The highest BCUT2D eigenvalue weighted by molar-refractivity contribution is 5.94. The van der Waals surface area contributed by atoms with Gasteiger partial charge >= 0.3 is 0 Å². The third kappa shape index (κ3) is 3.97. The number of hydrogen-bond donors (Lipinski definition) is 1.